The highest BCUT2D eigenvalue weighted by Gasteiger charge is 2.64. The number of nitrogens with zero attached hydrogens (tertiary/aromatic N) is 3. The van der Waals surface area contributed by atoms with Gasteiger partial charge in [0.05, 0.1) is 83.0 Å². The van der Waals surface area contributed by atoms with Gasteiger partial charge in [0.2, 0.25) is 36.3 Å². The van der Waals surface area contributed by atoms with E-state index in [4.69, 9.17) is 47.4 Å². The fraction of sp³-hybridized carbons (Fsp3) is 0.520. The third-order valence-corrected chi connectivity index (χ3v) is 21.9. The Bertz CT molecular complexity index is 4210. The van der Waals surface area contributed by atoms with Crippen LogP contribution in [0.5, 0.6) is 28.7 Å². The molecule has 576 valence electrons. The number of benzene rings is 4. The number of hydrogen-bond donors (Lipinski definition) is 10. The van der Waals surface area contributed by atoms with Crippen LogP contribution in [0.15, 0.2) is 66.7 Å². The summed E-state index contributed by atoms with van der Waals surface area (Å²) in [6, 6.07) is 11.5. The van der Waals surface area contributed by atoms with Gasteiger partial charge in [-0.25, -0.2) is 9.59 Å². The molecule has 0 aliphatic carbocycles. The molecule has 10 N–H and O–H groups in total. The van der Waals surface area contributed by atoms with E-state index in [1.165, 1.54) is 49.8 Å². The number of H-pyrrole nitrogens is 1. The molecule has 107 heavy (non-hydrogen) atoms. The van der Waals surface area contributed by atoms with E-state index in [1.54, 1.807) is 45.0 Å². The number of aromatic nitrogens is 1. The van der Waals surface area contributed by atoms with Crippen LogP contribution in [0.25, 0.3) is 10.9 Å². The minimum atomic E-state index is -1.62. The summed E-state index contributed by atoms with van der Waals surface area (Å²) in [5.41, 5.74) is 3.65. The summed E-state index contributed by atoms with van der Waals surface area (Å²) in [5, 5.41) is 53.2. The summed E-state index contributed by atoms with van der Waals surface area (Å²) >= 11 is 1.41. The number of thioether (sulfide) groups is 1. The summed E-state index contributed by atoms with van der Waals surface area (Å²) in [6.45, 7) is 12.1. The molecule has 9 aliphatic rings. The number of aromatic hydroxyl groups is 1. The number of aryl methyl sites for hydroxylation is 1. The molecule has 4 unspecified atom stereocenters. The minimum absolute atomic E-state index is 0.00180. The number of carbonyl (C=O) groups is 8. The molecule has 2 fully saturated rings. The zero-order valence-electron chi connectivity index (χ0n) is 61.1. The standard InChI is InChI=1S/C75H94N10O21S/c1-40(2)60(81-54(88)20-23-98-25-27-100-29-30-101-28-26-99-24-21-76-53(87)19-22-84-55(89)17-18-56(84)90)71(93)78-43(5)70(92)79-47-15-13-45(14-16-47)35-103-73(95)77-34-48-32-50-49-11-9-10-12-51(49)80-69(50)75(82-48)38-107-68-59-58(67-66(104-39-105-67)42(4)65(59)106-44(6)86)52(36-102-72(75)94)85-62(68)61-57-46(33-74(85,96)37-83(61)7)31-41(3)64(97-8)63(57)91/h9-18,31,40,43,48,52,55,60-62,68,80,82,89,91,96H,19-30,32-39H2,1-8H3,(H,76,87)(H,77,95)(H,78,93)(H,79,92)(H,81,88)/t43-,48+,52-,55?,60-,61+,62?,68+,74?,75+/m0/s1. The van der Waals surface area contributed by atoms with E-state index in [2.05, 4.69) is 36.9 Å². The maximum Gasteiger partial charge on any atom is 0.407 e. The Labute approximate surface area is 622 Å². The molecule has 14 rings (SSSR count). The van der Waals surface area contributed by atoms with Crippen molar-refractivity contribution >= 4 is 75.9 Å². The van der Waals surface area contributed by atoms with Crippen LogP contribution >= 0.6 is 11.8 Å². The number of rotatable bonds is 30. The van der Waals surface area contributed by atoms with Gasteiger partial charge in [-0.15, -0.1) is 11.8 Å². The van der Waals surface area contributed by atoms with Gasteiger partial charge in [0.25, 0.3) is 0 Å². The first kappa shape index (κ1) is 77.5. The average Bonchev–Trinajstić information content (AvgIpc) is 1.64. The predicted octanol–water partition coefficient (Wildman–Crippen LogP) is 3.74. The Morgan fingerprint density at radius 2 is 1.53 bits per heavy atom. The van der Waals surface area contributed by atoms with Crippen molar-refractivity contribution in [1.82, 2.24) is 46.3 Å². The number of amides is 6. The number of carbonyl (C=O) groups excluding carboxylic acids is 8. The zero-order chi connectivity index (χ0) is 76.0. The van der Waals surface area contributed by atoms with Gasteiger partial charge >= 0.3 is 18.0 Å². The van der Waals surface area contributed by atoms with Gasteiger partial charge in [-0.1, -0.05) is 50.2 Å². The second-order valence-electron chi connectivity index (χ2n) is 28.1. The molecule has 10 heterocycles. The van der Waals surface area contributed by atoms with E-state index in [0.717, 1.165) is 22.0 Å². The SMILES string of the molecule is COc1c(C)cc2c(c1O)[C@@H]1C3[C@@H]4SC[C@]5(N[C@@H](CNC(=O)OCc6ccc(NC(=O)[C@H](C)NC(=O)[C@@H](NC(=O)CCOCCOCCOCCOCCNC(=O)CCN7C(=O)C=CC7O)C(C)C)cc6)Cc6c5[nH]c5ccccc65)C(=O)OC[C@@H](c5c6c(c(C)c(OC(C)=O)c54)OCO6)N3C(O)(C2)CN1C. The van der Waals surface area contributed by atoms with Crippen LogP contribution in [-0.4, -0.2) is 231 Å². The van der Waals surface area contributed by atoms with Crippen LogP contribution in [-0.2, 0) is 87.0 Å². The van der Waals surface area contributed by atoms with Crippen molar-refractivity contribution in [3.63, 3.8) is 0 Å². The molecule has 31 nitrogen and oxygen atoms in total. The van der Waals surface area contributed by atoms with E-state index in [1.807, 2.05) is 54.1 Å². The number of aliphatic hydroxyl groups is 2. The van der Waals surface area contributed by atoms with Crippen LogP contribution in [0.2, 0.25) is 0 Å². The van der Waals surface area contributed by atoms with Crippen LogP contribution in [0, 0.1) is 19.8 Å². The number of phenolic OH excluding ortho intramolecular Hbond substituents is 1. The Morgan fingerprint density at radius 3 is 2.23 bits per heavy atom. The predicted molar refractivity (Wildman–Crippen MR) is 387 cm³/mol. The lowest BCUT2D eigenvalue weighted by Gasteiger charge is -2.60. The molecule has 4 bridgehead atoms. The molecule has 0 saturated carbocycles. The average molecular weight is 1500 g/mol. The number of piperazine rings is 1. The molecule has 4 aromatic carbocycles. The molecule has 1 aromatic heterocycles. The monoisotopic (exact) mass is 1500 g/mol. The van der Waals surface area contributed by atoms with Crippen molar-refractivity contribution in [1.29, 1.82) is 0 Å². The topological polar surface area (TPSA) is 387 Å². The molecular formula is C75H94N10O21S. The number of likely N-dealkylation sites (N-methyl/N-ethyl adjacent to an activating group) is 1. The molecule has 9 aliphatic heterocycles. The van der Waals surface area contributed by atoms with Crippen LogP contribution < -0.4 is 50.8 Å². The van der Waals surface area contributed by atoms with E-state index >= 15 is 4.79 Å². The number of esters is 2. The molecule has 0 radical (unpaired) electrons. The van der Waals surface area contributed by atoms with Gasteiger partial charge in [0.15, 0.2) is 28.5 Å². The summed E-state index contributed by atoms with van der Waals surface area (Å²) in [5.74, 6) is -2.32. The van der Waals surface area contributed by atoms with Crippen molar-refractivity contribution in [2.24, 2.45) is 5.92 Å². The summed E-state index contributed by atoms with van der Waals surface area (Å²) in [7, 11) is 3.42. The molecule has 6 amide bonds. The number of para-hydroxylation sites is 1. The fourth-order valence-corrected chi connectivity index (χ4v) is 17.2. The number of phenols is 1. The molecule has 11 atom stereocenters. The number of ether oxygens (including phenoxy) is 10. The maximum atomic E-state index is 15.7. The van der Waals surface area contributed by atoms with Crippen molar-refractivity contribution in [3.05, 3.63) is 117 Å². The highest BCUT2D eigenvalue weighted by atomic mass is 32.2. The largest absolute Gasteiger partial charge is 0.504 e. The Hall–Kier alpha value is -9.09. The number of methoxy groups -OCH3 is 1. The third kappa shape index (κ3) is 16.5. The lowest BCUT2D eigenvalue weighted by Crippen LogP contribution is -2.70. The van der Waals surface area contributed by atoms with Crippen molar-refractivity contribution < 1.29 is 101 Å². The number of nitrogens with one attached hydrogen (secondary N) is 7. The van der Waals surface area contributed by atoms with Gasteiger partial charge < -0.3 is 99.2 Å². The summed E-state index contributed by atoms with van der Waals surface area (Å²) in [6.07, 6.45) is 1.38. The molecular weight excluding hydrogens is 1410 g/mol. The number of anilines is 1. The normalized spacial score (nSPS) is 23.7. The van der Waals surface area contributed by atoms with E-state index < -0.39 is 94.7 Å². The summed E-state index contributed by atoms with van der Waals surface area (Å²) < 4.78 is 59.0. The van der Waals surface area contributed by atoms with Gasteiger partial charge in [-0.2, -0.15) is 0 Å². The van der Waals surface area contributed by atoms with Crippen molar-refractivity contribution in [2.45, 2.75) is 133 Å². The minimum Gasteiger partial charge on any atom is -0.504 e. The first-order chi connectivity index (χ1) is 51.4. The van der Waals surface area contributed by atoms with Gasteiger partial charge in [0.1, 0.15) is 43.0 Å². The highest BCUT2D eigenvalue weighted by molar-refractivity contribution is 7.99. The number of aromatic amines is 1. The van der Waals surface area contributed by atoms with Crippen LogP contribution in [0.4, 0.5) is 10.5 Å². The lowest BCUT2D eigenvalue weighted by atomic mass is 9.78. The third-order valence-electron chi connectivity index (χ3n) is 20.4. The number of fused-ring (bicyclic) bond motifs is 8. The highest BCUT2D eigenvalue weighted by Crippen LogP contribution is 2.65. The quantitative estimate of drug-likeness (QED) is 0.0178. The zero-order valence-corrected chi connectivity index (χ0v) is 61.9. The first-order valence-electron chi connectivity index (χ1n) is 36.0. The maximum absolute atomic E-state index is 15.7. The van der Waals surface area contributed by atoms with Gasteiger partial charge in [-0.3, -0.25) is 43.9 Å². The Balaban J connectivity index is 0.621. The molecule has 5 aromatic rings. The van der Waals surface area contributed by atoms with Crippen molar-refractivity contribution in [2.75, 3.05) is 118 Å². The summed E-state index contributed by atoms with van der Waals surface area (Å²) in [4.78, 5) is 115. The molecule has 32 heteroatoms. The number of alkyl carbamates (subject to hydrolysis) is 1. The molecule has 1 spiro atoms. The van der Waals surface area contributed by atoms with Gasteiger partial charge in [-0.05, 0) is 86.7 Å². The van der Waals surface area contributed by atoms with Crippen molar-refractivity contribution in [3.8, 4) is 28.7 Å². The smallest absolute Gasteiger partial charge is 0.407 e. The number of aliphatic hydroxyl groups excluding tert-OH is 1. The second-order valence-corrected chi connectivity index (χ2v) is 29.2. The number of hydrogen-bond acceptors (Lipinski definition) is 25. The van der Waals surface area contributed by atoms with Crippen LogP contribution in [0.3, 0.4) is 0 Å². The van der Waals surface area contributed by atoms with Crippen LogP contribution in [0.1, 0.15) is 108 Å². The second kappa shape index (κ2) is 33.6. The Morgan fingerprint density at radius 1 is 0.822 bits per heavy atom. The first-order valence-corrected chi connectivity index (χ1v) is 37.0. The van der Waals surface area contributed by atoms with E-state index in [0.29, 0.717) is 94.9 Å². The molecule has 2 saturated heterocycles. The van der Waals surface area contributed by atoms with E-state index in [9.17, 15) is 48.9 Å². The fourth-order valence-electron chi connectivity index (χ4n) is 15.5. The Kier molecular flexibility index (Phi) is 24.3. The lowest BCUT2D eigenvalue weighted by molar-refractivity contribution is -0.215. The van der Waals surface area contributed by atoms with Gasteiger partial charge in [0, 0.05) is 115 Å². The van der Waals surface area contributed by atoms with E-state index in [-0.39, 0.29) is 127 Å².